The molecule has 0 radical (unpaired) electrons. The number of fused-ring (bicyclic) bond motifs is 1. The zero-order valence-corrected chi connectivity index (χ0v) is 10.5. The van der Waals surface area contributed by atoms with E-state index in [2.05, 4.69) is 4.90 Å². The largest absolute Gasteiger partial charge is 0.338 e. The molecule has 2 aliphatic rings. The van der Waals surface area contributed by atoms with Crippen molar-refractivity contribution < 1.29 is 4.79 Å². The molecule has 1 saturated carbocycles. The maximum Gasteiger partial charge on any atom is 0.242 e. The number of hydrogen-bond donors (Lipinski definition) is 1. The van der Waals surface area contributed by atoms with E-state index in [0.29, 0.717) is 6.04 Å². The SMILES string of the molecule is CC(C)(N)C(=O)N1CCCC2CCCCC21. The van der Waals surface area contributed by atoms with E-state index >= 15 is 0 Å². The monoisotopic (exact) mass is 224 g/mol. The Morgan fingerprint density at radius 3 is 2.50 bits per heavy atom. The fourth-order valence-corrected chi connectivity index (χ4v) is 3.25. The molecule has 1 saturated heterocycles. The Hall–Kier alpha value is -0.570. The first-order chi connectivity index (χ1) is 7.50. The zero-order valence-electron chi connectivity index (χ0n) is 10.5. The summed E-state index contributed by atoms with van der Waals surface area (Å²) in [5.41, 5.74) is 5.23. The highest BCUT2D eigenvalue weighted by Gasteiger charge is 2.39. The highest BCUT2D eigenvalue weighted by atomic mass is 16.2. The van der Waals surface area contributed by atoms with Crippen LogP contribution in [0, 0.1) is 5.92 Å². The molecule has 1 amide bonds. The van der Waals surface area contributed by atoms with Crippen molar-refractivity contribution in [2.24, 2.45) is 11.7 Å². The van der Waals surface area contributed by atoms with Crippen LogP contribution in [0.4, 0.5) is 0 Å². The van der Waals surface area contributed by atoms with E-state index < -0.39 is 5.54 Å². The topological polar surface area (TPSA) is 46.3 Å². The molecule has 2 N–H and O–H groups in total. The van der Waals surface area contributed by atoms with Gasteiger partial charge in [0.1, 0.15) is 0 Å². The number of nitrogens with two attached hydrogens (primary N) is 1. The molecular weight excluding hydrogens is 200 g/mol. The third-order valence-corrected chi connectivity index (χ3v) is 4.06. The van der Waals surface area contributed by atoms with E-state index in [1.54, 1.807) is 0 Å². The van der Waals surface area contributed by atoms with Gasteiger partial charge in [-0.3, -0.25) is 4.79 Å². The molecule has 1 aliphatic heterocycles. The van der Waals surface area contributed by atoms with Gasteiger partial charge in [0.2, 0.25) is 5.91 Å². The van der Waals surface area contributed by atoms with Crippen LogP contribution in [0.25, 0.3) is 0 Å². The van der Waals surface area contributed by atoms with Crippen LogP contribution in [0.2, 0.25) is 0 Å². The van der Waals surface area contributed by atoms with Crippen LogP contribution < -0.4 is 5.73 Å². The van der Waals surface area contributed by atoms with Crippen LogP contribution in [-0.2, 0) is 4.79 Å². The van der Waals surface area contributed by atoms with E-state index in [0.717, 1.165) is 18.9 Å². The first kappa shape index (κ1) is 11.9. The summed E-state index contributed by atoms with van der Waals surface area (Å²) in [7, 11) is 0. The third kappa shape index (κ3) is 2.24. The Kier molecular flexibility index (Phi) is 3.24. The van der Waals surface area contributed by atoms with Gasteiger partial charge in [-0.25, -0.2) is 0 Å². The lowest BCUT2D eigenvalue weighted by Crippen LogP contribution is -2.58. The maximum atomic E-state index is 12.3. The summed E-state index contributed by atoms with van der Waals surface area (Å²) < 4.78 is 0. The van der Waals surface area contributed by atoms with Crippen LogP contribution in [-0.4, -0.2) is 28.9 Å². The van der Waals surface area contributed by atoms with E-state index in [9.17, 15) is 4.79 Å². The van der Waals surface area contributed by atoms with Crippen molar-refractivity contribution in [2.75, 3.05) is 6.54 Å². The Bertz CT molecular complexity index is 268. The Morgan fingerprint density at radius 1 is 1.19 bits per heavy atom. The van der Waals surface area contributed by atoms with Gasteiger partial charge in [-0.15, -0.1) is 0 Å². The third-order valence-electron chi connectivity index (χ3n) is 4.06. The van der Waals surface area contributed by atoms with Gasteiger partial charge in [0.05, 0.1) is 5.54 Å². The molecule has 0 spiro atoms. The van der Waals surface area contributed by atoms with Crippen molar-refractivity contribution in [1.29, 1.82) is 0 Å². The van der Waals surface area contributed by atoms with Crippen molar-refractivity contribution in [1.82, 2.24) is 4.90 Å². The van der Waals surface area contributed by atoms with Crippen molar-refractivity contribution in [3.05, 3.63) is 0 Å². The predicted octanol–water partition coefficient (Wildman–Crippen LogP) is 1.90. The van der Waals surface area contributed by atoms with Gasteiger partial charge in [-0.2, -0.15) is 0 Å². The summed E-state index contributed by atoms with van der Waals surface area (Å²) in [5.74, 6) is 0.887. The Morgan fingerprint density at radius 2 is 1.81 bits per heavy atom. The Labute approximate surface area is 98.4 Å². The average Bonchev–Trinajstić information content (AvgIpc) is 2.26. The lowest BCUT2D eigenvalue weighted by Gasteiger charge is -2.46. The van der Waals surface area contributed by atoms with Crippen LogP contribution in [0.1, 0.15) is 52.4 Å². The number of carbonyl (C=O) groups excluding carboxylic acids is 1. The van der Waals surface area contributed by atoms with Crippen LogP contribution in [0.5, 0.6) is 0 Å². The normalized spacial score (nSPS) is 31.1. The fourth-order valence-electron chi connectivity index (χ4n) is 3.25. The van der Waals surface area contributed by atoms with Gasteiger partial charge in [0.15, 0.2) is 0 Å². The maximum absolute atomic E-state index is 12.3. The number of piperidine rings is 1. The standard InChI is InChI=1S/C13H24N2O/c1-13(2,14)12(16)15-9-5-7-10-6-3-4-8-11(10)15/h10-11H,3-9,14H2,1-2H3. The van der Waals surface area contributed by atoms with E-state index in [1.807, 2.05) is 13.8 Å². The van der Waals surface area contributed by atoms with E-state index in [-0.39, 0.29) is 5.91 Å². The molecule has 0 aromatic heterocycles. The molecule has 3 nitrogen and oxygen atoms in total. The molecule has 0 aromatic rings. The molecule has 0 aromatic carbocycles. The van der Waals surface area contributed by atoms with Gasteiger partial charge < -0.3 is 10.6 Å². The molecule has 92 valence electrons. The number of amides is 1. The van der Waals surface area contributed by atoms with Crippen molar-refractivity contribution in [2.45, 2.75) is 64.0 Å². The fraction of sp³-hybridized carbons (Fsp3) is 0.923. The minimum atomic E-state index is -0.709. The minimum absolute atomic E-state index is 0.143. The van der Waals surface area contributed by atoms with Crippen LogP contribution in [0.15, 0.2) is 0 Å². The van der Waals surface area contributed by atoms with Crippen LogP contribution in [0.3, 0.4) is 0 Å². The van der Waals surface area contributed by atoms with E-state index in [1.165, 1.54) is 32.1 Å². The van der Waals surface area contributed by atoms with E-state index in [4.69, 9.17) is 5.73 Å². The number of rotatable bonds is 1. The second-order valence-corrected chi connectivity index (χ2v) is 5.97. The number of nitrogens with zero attached hydrogens (tertiary/aromatic N) is 1. The minimum Gasteiger partial charge on any atom is -0.338 e. The van der Waals surface area contributed by atoms with Gasteiger partial charge >= 0.3 is 0 Å². The molecular formula is C13H24N2O. The molecule has 2 unspecified atom stereocenters. The number of carbonyl (C=O) groups is 1. The lowest BCUT2D eigenvalue weighted by molar-refractivity contribution is -0.142. The Balaban J connectivity index is 2.11. The molecule has 2 atom stereocenters. The summed E-state index contributed by atoms with van der Waals surface area (Å²) in [6, 6.07) is 0.484. The van der Waals surface area contributed by atoms with Crippen molar-refractivity contribution >= 4 is 5.91 Å². The average molecular weight is 224 g/mol. The molecule has 3 heteroatoms. The lowest BCUT2D eigenvalue weighted by atomic mass is 9.78. The van der Waals surface area contributed by atoms with Gasteiger partial charge in [-0.1, -0.05) is 12.8 Å². The first-order valence-electron chi connectivity index (χ1n) is 6.60. The smallest absolute Gasteiger partial charge is 0.242 e. The molecule has 0 bridgehead atoms. The first-order valence-corrected chi connectivity index (χ1v) is 6.60. The summed E-state index contributed by atoms with van der Waals surface area (Å²) in [6.45, 7) is 4.56. The number of hydrogen-bond acceptors (Lipinski definition) is 2. The van der Waals surface area contributed by atoms with Gasteiger partial charge in [0, 0.05) is 12.6 Å². The summed E-state index contributed by atoms with van der Waals surface area (Å²) in [4.78, 5) is 14.4. The summed E-state index contributed by atoms with van der Waals surface area (Å²) >= 11 is 0. The highest BCUT2D eigenvalue weighted by molar-refractivity contribution is 5.85. The second-order valence-electron chi connectivity index (χ2n) is 5.97. The van der Waals surface area contributed by atoms with Gasteiger partial charge in [0.25, 0.3) is 0 Å². The second kappa shape index (κ2) is 4.36. The zero-order chi connectivity index (χ0) is 11.8. The summed E-state index contributed by atoms with van der Waals surface area (Å²) in [6.07, 6.45) is 7.57. The molecule has 1 aliphatic carbocycles. The summed E-state index contributed by atoms with van der Waals surface area (Å²) in [5, 5.41) is 0. The van der Waals surface area contributed by atoms with Crippen molar-refractivity contribution in [3.63, 3.8) is 0 Å². The number of likely N-dealkylation sites (tertiary alicyclic amines) is 1. The molecule has 2 rings (SSSR count). The molecule has 1 heterocycles. The van der Waals surface area contributed by atoms with Crippen LogP contribution >= 0.6 is 0 Å². The molecule has 2 fully saturated rings. The quantitative estimate of drug-likeness (QED) is 0.739. The predicted molar refractivity (Wildman–Crippen MR) is 65.0 cm³/mol. The highest BCUT2D eigenvalue weighted by Crippen LogP contribution is 2.35. The molecule has 16 heavy (non-hydrogen) atoms. The van der Waals surface area contributed by atoms with Crippen molar-refractivity contribution in [3.8, 4) is 0 Å². The van der Waals surface area contributed by atoms with Gasteiger partial charge in [-0.05, 0) is 45.4 Å².